The number of benzene rings is 4. The Morgan fingerprint density at radius 2 is 0.842 bits per heavy atom. The van der Waals surface area contributed by atoms with E-state index in [0.29, 0.717) is 11.5 Å². The van der Waals surface area contributed by atoms with Gasteiger partial charge in [-0.3, -0.25) is 0 Å². The van der Waals surface area contributed by atoms with E-state index in [-0.39, 0.29) is 13.6 Å². The number of pyridine rings is 2. The van der Waals surface area contributed by atoms with Crippen LogP contribution in [0.5, 0.6) is 23.0 Å². The van der Waals surface area contributed by atoms with Crippen molar-refractivity contribution in [3.8, 4) is 56.6 Å². The average Bonchev–Trinajstić information content (AvgIpc) is 3.63. The van der Waals surface area contributed by atoms with Crippen molar-refractivity contribution in [3.63, 3.8) is 0 Å². The third kappa shape index (κ3) is 3.34. The lowest BCUT2D eigenvalue weighted by Gasteiger charge is -2.14. The summed E-state index contributed by atoms with van der Waals surface area (Å²) >= 11 is 0. The minimum atomic E-state index is 0.210. The number of hydrogen-bond donors (Lipinski definition) is 0. The highest BCUT2D eigenvalue weighted by molar-refractivity contribution is 6.01. The Labute approximate surface area is 218 Å². The molecular weight excluding hydrogens is 476 g/mol. The number of rotatable bonds is 3. The summed E-state index contributed by atoms with van der Waals surface area (Å²) < 4.78 is 22.7. The molecule has 0 spiro atoms. The van der Waals surface area contributed by atoms with Gasteiger partial charge in [-0.15, -0.1) is 0 Å². The molecule has 0 atom stereocenters. The van der Waals surface area contributed by atoms with Gasteiger partial charge >= 0.3 is 0 Å². The molecule has 0 bridgehead atoms. The van der Waals surface area contributed by atoms with Crippen LogP contribution in [0.4, 0.5) is 0 Å². The van der Waals surface area contributed by atoms with Gasteiger partial charge in [-0.05, 0) is 46.5 Å². The maximum Gasteiger partial charge on any atom is 0.231 e. The van der Waals surface area contributed by atoms with Gasteiger partial charge in [0.2, 0.25) is 13.6 Å². The number of fused-ring (bicyclic) bond motifs is 4. The monoisotopic (exact) mass is 496 g/mol. The summed E-state index contributed by atoms with van der Waals surface area (Å²) in [6, 6.07) is 32.8. The van der Waals surface area contributed by atoms with Crippen molar-refractivity contribution in [1.29, 1.82) is 0 Å². The zero-order valence-corrected chi connectivity index (χ0v) is 20.2. The molecule has 4 heterocycles. The molecule has 0 radical (unpaired) electrons. The zero-order valence-electron chi connectivity index (χ0n) is 20.2. The molecule has 4 aromatic carbocycles. The predicted octanol–water partition coefficient (Wildman–Crippen LogP) is 7.24. The van der Waals surface area contributed by atoms with E-state index in [2.05, 4.69) is 36.4 Å². The van der Waals surface area contributed by atoms with Crippen LogP contribution in [0.15, 0.2) is 97.1 Å². The number of ether oxygens (including phenoxy) is 4. The topological polar surface area (TPSA) is 62.7 Å². The maximum absolute atomic E-state index is 5.68. The van der Waals surface area contributed by atoms with Gasteiger partial charge in [-0.1, -0.05) is 60.7 Å². The predicted molar refractivity (Wildman–Crippen MR) is 146 cm³/mol. The summed E-state index contributed by atoms with van der Waals surface area (Å²) in [6.07, 6.45) is 0. The average molecular weight is 497 g/mol. The minimum absolute atomic E-state index is 0.210. The highest BCUT2D eigenvalue weighted by Gasteiger charge is 2.21. The fraction of sp³-hybridized carbons (Fsp3) is 0.0625. The van der Waals surface area contributed by atoms with Crippen LogP contribution in [0, 0.1) is 0 Å². The number of hydrogen-bond acceptors (Lipinski definition) is 6. The van der Waals surface area contributed by atoms with Crippen LogP contribution >= 0.6 is 0 Å². The molecule has 6 heteroatoms. The zero-order chi connectivity index (χ0) is 25.1. The van der Waals surface area contributed by atoms with E-state index in [1.807, 2.05) is 60.7 Å². The molecule has 8 rings (SSSR count). The van der Waals surface area contributed by atoms with Crippen molar-refractivity contribution in [2.75, 3.05) is 13.6 Å². The highest BCUT2D eigenvalue weighted by atomic mass is 16.7. The van der Waals surface area contributed by atoms with Crippen LogP contribution < -0.4 is 18.9 Å². The van der Waals surface area contributed by atoms with Crippen molar-refractivity contribution in [1.82, 2.24) is 9.97 Å². The van der Waals surface area contributed by atoms with E-state index in [0.717, 1.165) is 66.9 Å². The maximum atomic E-state index is 5.68. The first-order valence-electron chi connectivity index (χ1n) is 12.4. The van der Waals surface area contributed by atoms with Crippen molar-refractivity contribution in [3.05, 3.63) is 97.1 Å². The van der Waals surface area contributed by atoms with E-state index in [9.17, 15) is 0 Å². The second-order valence-electron chi connectivity index (χ2n) is 9.29. The Balaban J connectivity index is 1.41. The molecular formula is C32H20N2O4. The summed E-state index contributed by atoms with van der Waals surface area (Å²) in [4.78, 5) is 10.1. The molecule has 0 aliphatic carbocycles. The van der Waals surface area contributed by atoms with Gasteiger partial charge < -0.3 is 18.9 Å². The Hall–Kier alpha value is -5.10. The van der Waals surface area contributed by atoms with Gasteiger partial charge in [0, 0.05) is 22.9 Å². The standard InChI is InChI=1S/C32H20N2O4/c1-3-7-19(8-4-1)21-11-27(33-25-15-31-29(13-23(21)25)35-17-37-31)28-12-22(20-9-5-2-6-10-20)24-14-30-32(38-18-36-30)16-26(24)34-28/h1-16H,17-18H2. The third-order valence-corrected chi connectivity index (χ3v) is 7.04. The molecule has 2 aromatic heterocycles. The summed E-state index contributed by atoms with van der Waals surface area (Å²) in [5.41, 5.74) is 7.47. The van der Waals surface area contributed by atoms with Crippen molar-refractivity contribution >= 4 is 21.8 Å². The molecule has 38 heavy (non-hydrogen) atoms. The molecule has 6 nitrogen and oxygen atoms in total. The molecule has 0 amide bonds. The van der Waals surface area contributed by atoms with Crippen molar-refractivity contribution in [2.45, 2.75) is 0 Å². The first-order valence-corrected chi connectivity index (χ1v) is 12.4. The van der Waals surface area contributed by atoms with E-state index < -0.39 is 0 Å². The van der Waals surface area contributed by atoms with Gasteiger partial charge in [-0.25, -0.2) is 9.97 Å². The normalized spacial score (nSPS) is 13.4. The SMILES string of the molecule is c1ccc(-c2cc(-c3cc(-c4ccccc4)c4cc5c(cc4n3)OCO5)nc3cc4c(cc23)OCO4)cc1. The summed E-state index contributed by atoms with van der Waals surface area (Å²) in [7, 11) is 0. The molecule has 6 aromatic rings. The van der Waals surface area contributed by atoms with Gasteiger partial charge in [0.05, 0.1) is 22.4 Å². The molecule has 182 valence electrons. The molecule has 2 aliphatic heterocycles. The van der Waals surface area contributed by atoms with Crippen LogP contribution in [-0.4, -0.2) is 23.6 Å². The van der Waals surface area contributed by atoms with E-state index >= 15 is 0 Å². The van der Waals surface area contributed by atoms with Crippen LogP contribution in [-0.2, 0) is 0 Å². The first-order chi connectivity index (χ1) is 18.8. The van der Waals surface area contributed by atoms with Gasteiger partial charge in [0.1, 0.15) is 0 Å². The fourth-order valence-corrected chi connectivity index (χ4v) is 5.21. The smallest absolute Gasteiger partial charge is 0.231 e. The van der Waals surface area contributed by atoms with Crippen LogP contribution in [0.1, 0.15) is 0 Å². The van der Waals surface area contributed by atoms with Gasteiger partial charge in [0.15, 0.2) is 23.0 Å². The fourth-order valence-electron chi connectivity index (χ4n) is 5.21. The summed E-state index contributed by atoms with van der Waals surface area (Å²) in [6.45, 7) is 0.421. The third-order valence-electron chi connectivity index (χ3n) is 7.04. The first kappa shape index (κ1) is 21.0. The minimum Gasteiger partial charge on any atom is -0.454 e. The second kappa shape index (κ2) is 8.21. The van der Waals surface area contributed by atoms with E-state index in [4.69, 9.17) is 28.9 Å². The molecule has 0 N–H and O–H groups in total. The quantitative estimate of drug-likeness (QED) is 0.257. The lowest BCUT2D eigenvalue weighted by molar-refractivity contribution is 0.173. The Bertz CT molecular complexity index is 1730. The van der Waals surface area contributed by atoms with E-state index in [1.165, 1.54) is 0 Å². The van der Waals surface area contributed by atoms with Crippen LogP contribution in [0.3, 0.4) is 0 Å². The van der Waals surface area contributed by atoms with Gasteiger partial charge in [0.25, 0.3) is 0 Å². The largest absolute Gasteiger partial charge is 0.454 e. The molecule has 0 unspecified atom stereocenters. The molecule has 0 fully saturated rings. The summed E-state index contributed by atoms with van der Waals surface area (Å²) in [5, 5.41) is 1.99. The van der Waals surface area contributed by atoms with Crippen molar-refractivity contribution in [2.24, 2.45) is 0 Å². The highest BCUT2D eigenvalue weighted by Crippen LogP contribution is 2.43. The number of aromatic nitrogens is 2. The Kier molecular flexibility index (Phi) is 4.54. The Morgan fingerprint density at radius 3 is 1.26 bits per heavy atom. The Morgan fingerprint density at radius 1 is 0.447 bits per heavy atom. The molecule has 0 saturated carbocycles. The van der Waals surface area contributed by atoms with Crippen LogP contribution in [0.25, 0.3) is 55.4 Å². The lowest BCUT2D eigenvalue weighted by atomic mass is 9.96. The van der Waals surface area contributed by atoms with Crippen LogP contribution in [0.2, 0.25) is 0 Å². The summed E-state index contributed by atoms with van der Waals surface area (Å²) in [5.74, 6) is 2.86. The van der Waals surface area contributed by atoms with Gasteiger partial charge in [-0.2, -0.15) is 0 Å². The molecule has 2 aliphatic rings. The van der Waals surface area contributed by atoms with Crippen molar-refractivity contribution < 1.29 is 18.9 Å². The lowest BCUT2D eigenvalue weighted by Crippen LogP contribution is -1.95. The molecule has 0 saturated heterocycles. The van der Waals surface area contributed by atoms with E-state index in [1.54, 1.807) is 0 Å². The second-order valence-corrected chi connectivity index (χ2v) is 9.29. The number of nitrogens with zero attached hydrogens (tertiary/aromatic N) is 2.